The topological polar surface area (TPSA) is 47.2 Å². The number of carbonyl (C=O) groups excluding carboxylic acids is 1. The van der Waals surface area contributed by atoms with Gasteiger partial charge in [0.1, 0.15) is 11.1 Å². The molecule has 0 aliphatic carbocycles. The maximum absolute atomic E-state index is 13.4. The molecule has 1 aliphatic rings. The summed E-state index contributed by atoms with van der Waals surface area (Å²) in [6, 6.07) is 16.9. The van der Waals surface area contributed by atoms with Crippen molar-refractivity contribution >= 4 is 35.0 Å². The van der Waals surface area contributed by atoms with Gasteiger partial charge in [0.2, 0.25) is 5.91 Å². The van der Waals surface area contributed by atoms with Crippen LogP contribution in [-0.2, 0) is 11.8 Å². The number of nitrogens with zero attached hydrogens (tertiary/aromatic N) is 3. The number of benzene rings is 2. The van der Waals surface area contributed by atoms with Crippen LogP contribution in [0.2, 0.25) is 5.02 Å². The third kappa shape index (κ3) is 2.97. The van der Waals surface area contributed by atoms with Crippen molar-refractivity contribution in [1.82, 2.24) is 9.36 Å². The first kappa shape index (κ1) is 18.9. The van der Waals surface area contributed by atoms with Gasteiger partial charge in [-0.15, -0.1) is 11.8 Å². The fraction of sp³-hybridized carbons (Fsp3) is 0.238. The van der Waals surface area contributed by atoms with Crippen molar-refractivity contribution in [3.63, 3.8) is 0 Å². The van der Waals surface area contributed by atoms with E-state index in [0.717, 1.165) is 16.9 Å². The van der Waals surface area contributed by atoms with E-state index in [1.807, 2.05) is 69.4 Å². The van der Waals surface area contributed by atoms with Crippen LogP contribution in [0.25, 0.3) is 5.69 Å². The molecule has 1 aromatic heterocycles. The first-order valence-corrected chi connectivity index (χ1v) is 10.3. The van der Waals surface area contributed by atoms with Crippen LogP contribution in [0, 0.1) is 6.92 Å². The fourth-order valence-corrected chi connectivity index (χ4v) is 5.02. The molecule has 1 fully saturated rings. The van der Waals surface area contributed by atoms with E-state index in [4.69, 9.17) is 11.6 Å². The number of rotatable bonds is 3. The second-order valence-corrected chi connectivity index (χ2v) is 8.67. The summed E-state index contributed by atoms with van der Waals surface area (Å²) in [5, 5.41) is 0.0731. The molecular formula is C21H20ClN3O2S. The quantitative estimate of drug-likeness (QED) is 0.643. The number of hydrogen-bond acceptors (Lipinski definition) is 3. The number of thioether (sulfide) groups is 1. The van der Waals surface area contributed by atoms with Crippen molar-refractivity contribution in [3.8, 4) is 5.69 Å². The summed E-state index contributed by atoms with van der Waals surface area (Å²) >= 11 is 7.71. The van der Waals surface area contributed by atoms with Crippen molar-refractivity contribution in [2.24, 2.45) is 7.05 Å². The van der Waals surface area contributed by atoms with Crippen LogP contribution in [0.5, 0.6) is 0 Å². The fourth-order valence-electron chi connectivity index (χ4n) is 3.57. The highest BCUT2D eigenvalue weighted by Gasteiger charge is 2.42. The van der Waals surface area contributed by atoms with Crippen LogP contribution >= 0.6 is 23.4 Å². The van der Waals surface area contributed by atoms with E-state index in [1.54, 1.807) is 20.3 Å². The molecule has 0 radical (unpaired) electrons. The van der Waals surface area contributed by atoms with Crippen LogP contribution in [0.15, 0.2) is 59.4 Å². The van der Waals surface area contributed by atoms with Gasteiger partial charge in [-0.25, -0.2) is 4.68 Å². The van der Waals surface area contributed by atoms with Gasteiger partial charge in [0, 0.05) is 12.1 Å². The number of hydrogen-bond donors (Lipinski definition) is 0. The maximum Gasteiger partial charge on any atom is 0.295 e. The number of halogens is 1. The number of anilines is 1. The van der Waals surface area contributed by atoms with Gasteiger partial charge < -0.3 is 0 Å². The number of amides is 1. The number of aromatic nitrogens is 2. The molecule has 0 bridgehead atoms. The Kier molecular flexibility index (Phi) is 4.85. The Bertz CT molecular complexity index is 1110. The minimum atomic E-state index is -0.292. The Morgan fingerprint density at radius 2 is 1.75 bits per heavy atom. The van der Waals surface area contributed by atoms with Crippen LogP contribution in [0.1, 0.15) is 23.6 Å². The molecule has 1 aliphatic heterocycles. The first-order valence-electron chi connectivity index (χ1n) is 8.98. The molecule has 0 N–H and O–H groups in total. The molecule has 2 atom stereocenters. The van der Waals surface area contributed by atoms with Crippen LogP contribution < -0.4 is 10.5 Å². The number of para-hydroxylation sites is 1. The summed E-state index contributed by atoms with van der Waals surface area (Å²) in [7, 11) is 1.83. The molecule has 2 heterocycles. The van der Waals surface area contributed by atoms with Crippen LogP contribution in [0.3, 0.4) is 0 Å². The van der Waals surface area contributed by atoms with Crippen molar-refractivity contribution < 1.29 is 4.79 Å². The minimum Gasteiger partial charge on any atom is -0.288 e. The highest BCUT2D eigenvalue weighted by atomic mass is 35.5. The van der Waals surface area contributed by atoms with Crippen LogP contribution in [-0.4, -0.2) is 20.5 Å². The molecule has 1 saturated heterocycles. The lowest BCUT2D eigenvalue weighted by molar-refractivity contribution is -0.117. The van der Waals surface area contributed by atoms with Gasteiger partial charge in [-0.2, -0.15) is 0 Å². The second-order valence-electron chi connectivity index (χ2n) is 6.80. The van der Waals surface area contributed by atoms with Crippen molar-refractivity contribution in [1.29, 1.82) is 0 Å². The molecule has 144 valence electrons. The lowest BCUT2D eigenvalue weighted by atomic mass is 10.2. The zero-order valence-electron chi connectivity index (χ0n) is 15.8. The number of carbonyl (C=O) groups is 1. The van der Waals surface area contributed by atoms with E-state index in [2.05, 4.69) is 0 Å². The van der Waals surface area contributed by atoms with Gasteiger partial charge in [0.15, 0.2) is 0 Å². The molecule has 0 saturated carbocycles. The second kappa shape index (κ2) is 7.18. The van der Waals surface area contributed by atoms with E-state index in [0.29, 0.717) is 10.7 Å². The molecule has 4 rings (SSSR count). The summed E-state index contributed by atoms with van der Waals surface area (Å²) in [5.41, 5.74) is 2.61. The van der Waals surface area contributed by atoms with Crippen molar-refractivity contribution in [3.05, 3.63) is 81.2 Å². The maximum atomic E-state index is 13.4. The lowest BCUT2D eigenvalue weighted by Crippen LogP contribution is -2.34. The normalized spacial score (nSPS) is 19.4. The van der Waals surface area contributed by atoms with E-state index in [9.17, 15) is 9.59 Å². The van der Waals surface area contributed by atoms with Crippen molar-refractivity contribution in [2.75, 3.05) is 4.90 Å². The Labute approximate surface area is 172 Å². The molecule has 3 aromatic rings. The van der Waals surface area contributed by atoms with Crippen LogP contribution in [0.4, 0.5) is 5.69 Å². The molecular weight excluding hydrogens is 394 g/mol. The molecule has 2 aromatic carbocycles. The molecule has 1 amide bonds. The van der Waals surface area contributed by atoms with E-state index in [1.165, 1.54) is 11.8 Å². The van der Waals surface area contributed by atoms with E-state index < -0.39 is 0 Å². The molecule has 0 spiro atoms. The molecule has 0 unspecified atom stereocenters. The van der Waals surface area contributed by atoms with Gasteiger partial charge >= 0.3 is 0 Å². The highest BCUT2D eigenvalue weighted by molar-refractivity contribution is 8.01. The Hall–Kier alpha value is -2.44. The third-order valence-corrected chi connectivity index (χ3v) is 6.64. The summed E-state index contributed by atoms with van der Waals surface area (Å²) in [6.07, 6.45) is 0. The smallest absolute Gasteiger partial charge is 0.288 e. The molecule has 7 heteroatoms. The summed E-state index contributed by atoms with van der Waals surface area (Å²) in [5.74, 6) is -0.0685. The van der Waals surface area contributed by atoms with Gasteiger partial charge in [0.25, 0.3) is 5.56 Å². The molecule has 5 nitrogen and oxygen atoms in total. The predicted molar refractivity (Wildman–Crippen MR) is 114 cm³/mol. The summed E-state index contributed by atoms with van der Waals surface area (Å²) < 4.78 is 3.39. The third-order valence-electron chi connectivity index (χ3n) is 5.05. The van der Waals surface area contributed by atoms with E-state index >= 15 is 0 Å². The standard InChI is InChI=1S/C21H20ClN3O2S/c1-13-18(20(27)25(23(13)3)17-10-5-4-6-11-17)24-19(26)14(2)28-21(24)15-8-7-9-16(22)12-15/h4-12,14,21H,1-3H3/t14-,21-/m1/s1. The summed E-state index contributed by atoms with van der Waals surface area (Å²) in [4.78, 5) is 28.1. The zero-order valence-corrected chi connectivity index (χ0v) is 17.4. The largest absolute Gasteiger partial charge is 0.295 e. The first-order chi connectivity index (χ1) is 13.4. The lowest BCUT2D eigenvalue weighted by Gasteiger charge is -2.23. The minimum absolute atomic E-state index is 0.0685. The van der Waals surface area contributed by atoms with E-state index in [-0.39, 0.29) is 22.1 Å². The SMILES string of the molecule is Cc1c(N2C(=O)[C@@H](C)S[C@@H]2c2cccc(Cl)c2)c(=O)n(-c2ccccc2)n1C. The average molecular weight is 414 g/mol. The van der Waals surface area contributed by atoms with Gasteiger partial charge in [-0.3, -0.25) is 19.2 Å². The van der Waals surface area contributed by atoms with Crippen molar-refractivity contribution in [2.45, 2.75) is 24.5 Å². The van der Waals surface area contributed by atoms with Gasteiger partial charge in [-0.1, -0.05) is 41.9 Å². The van der Waals surface area contributed by atoms with Gasteiger partial charge in [0.05, 0.1) is 16.6 Å². The average Bonchev–Trinajstić information content (AvgIpc) is 3.09. The predicted octanol–water partition coefficient (Wildman–Crippen LogP) is 4.30. The highest BCUT2D eigenvalue weighted by Crippen LogP contribution is 2.45. The Morgan fingerprint density at radius 1 is 1.04 bits per heavy atom. The monoisotopic (exact) mass is 413 g/mol. The Balaban J connectivity index is 1.89. The zero-order chi connectivity index (χ0) is 20.0. The summed E-state index contributed by atoms with van der Waals surface area (Å²) in [6.45, 7) is 3.74. The van der Waals surface area contributed by atoms with Gasteiger partial charge in [-0.05, 0) is 43.7 Å². The molecule has 28 heavy (non-hydrogen) atoms. The Morgan fingerprint density at radius 3 is 2.43 bits per heavy atom.